The molecule has 0 aromatic heterocycles. The van der Waals surface area contributed by atoms with E-state index < -0.39 is 11.9 Å². The second kappa shape index (κ2) is 11.2. The third-order valence-electron chi connectivity index (χ3n) is 10.4. The molecule has 8 rings (SSSR count). The molecule has 0 atom stereocenters. The van der Waals surface area contributed by atoms with Crippen LogP contribution in [0.3, 0.4) is 0 Å². The number of phenols is 2. The van der Waals surface area contributed by atoms with E-state index in [1.165, 1.54) is 14.2 Å². The Bertz CT molecular complexity index is 2630. The zero-order valence-corrected chi connectivity index (χ0v) is 28.6. The van der Waals surface area contributed by atoms with Crippen molar-refractivity contribution >= 4 is 76.6 Å². The minimum atomic E-state index is -0.518. The van der Waals surface area contributed by atoms with Crippen molar-refractivity contribution in [3.8, 4) is 22.6 Å². The molecule has 0 fully saturated rings. The number of carbonyl (C=O) groups excluding carboxylic acids is 2. The van der Waals surface area contributed by atoms with Crippen molar-refractivity contribution in [3.63, 3.8) is 0 Å². The van der Waals surface area contributed by atoms with Crippen molar-refractivity contribution < 1.29 is 29.3 Å². The Labute approximate surface area is 288 Å². The molecule has 246 valence electrons. The van der Waals surface area contributed by atoms with E-state index in [0.717, 1.165) is 65.3 Å². The lowest BCUT2D eigenvalue weighted by molar-refractivity contribution is 0.0594. The van der Waals surface area contributed by atoms with Gasteiger partial charge in [0.15, 0.2) is 0 Å². The molecule has 0 radical (unpaired) electrons. The van der Waals surface area contributed by atoms with Gasteiger partial charge in [-0.05, 0) is 116 Å². The monoisotopic (exact) mass is 658 g/mol. The summed E-state index contributed by atoms with van der Waals surface area (Å²) in [5.41, 5.74) is 5.15. The van der Waals surface area contributed by atoms with E-state index in [1.807, 2.05) is 100 Å². The number of ether oxygens (including phenoxy) is 2. The topological polar surface area (TPSA) is 93.1 Å². The van der Waals surface area contributed by atoms with Crippen LogP contribution in [-0.4, -0.2) is 36.4 Å². The minimum Gasteiger partial charge on any atom is -0.507 e. The normalized spacial score (nSPS) is 11.7. The van der Waals surface area contributed by atoms with E-state index in [4.69, 9.17) is 9.47 Å². The van der Waals surface area contributed by atoms with Crippen molar-refractivity contribution in [3.05, 3.63) is 118 Å². The molecule has 2 N–H and O–H groups in total. The highest BCUT2D eigenvalue weighted by Gasteiger charge is 2.29. The number of aryl methyl sites for hydroxylation is 4. The summed E-state index contributed by atoms with van der Waals surface area (Å²) in [5, 5.41) is 33.9. The molecule has 0 spiro atoms. The quantitative estimate of drug-likeness (QED) is 0.145. The molecule has 0 saturated carbocycles. The number of hydrogen-bond donors (Lipinski definition) is 2. The number of esters is 2. The Morgan fingerprint density at radius 2 is 0.740 bits per heavy atom. The molecule has 0 aliphatic heterocycles. The molecule has 0 bridgehead atoms. The summed E-state index contributed by atoms with van der Waals surface area (Å²) in [7, 11) is 2.70. The second-order valence-electron chi connectivity index (χ2n) is 13.1. The van der Waals surface area contributed by atoms with Gasteiger partial charge in [-0.2, -0.15) is 0 Å². The minimum absolute atomic E-state index is 0.0481. The summed E-state index contributed by atoms with van der Waals surface area (Å²) in [6.07, 6.45) is 0. The number of phenolic OH excluding ortho intramolecular Hbond substituents is 2. The maximum Gasteiger partial charge on any atom is 0.338 e. The van der Waals surface area contributed by atoms with Gasteiger partial charge in [0.2, 0.25) is 0 Å². The van der Waals surface area contributed by atoms with Crippen LogP contribution < -0.4 is 0 Å². The summed E-state index contributed by atoms with van der Waals surface area (Å²) < 4.78 is 10.6. The fourth-order valence-corrected chi connectivity index (χ4v) is 8.20. The van der Waals surface area contributed by atoms with Gasteiger partial charge >= 0.3 is 11.9 Å². The lowest BCUT2D eigenvalue weighted by Crippen LogP contribution is -2.05. The SMILES string of the molecule is COC(=O)c1cc2c(-c3c(O)c4cccc(C)c4c4c3cc(C(=O)OC)c3cccc(C)c34)c(O)c3cccc(C)c3c2c2c(C)cccc12. The van der Waals surface area contributed by atoms with Crippen molar-refractivity contribution in [1.82, 2.24) is 0 Å². The second-order valence-corrected chi connectivity index (χ2v) is 13.1. The van der Waals surface area contributed by atoms with Gasteiger partial charge in [0.1, 0.15) is 11.5 Å². The van der Waals surface area contributed by atoms with Crippen LogP contribution in [0.4, 0.5) is 0 Å². The summed E-state index contributed by atoms with van der Waals surface area (Å²) in [6, 6.07) is 26.8. The number of methoxy groups -OCH3 is 2. The molecule has 0 saturated heterocycles. The first-order valence-corrected chi connectivity index (χ1v) is 16.5. The fourth-order valence-electron chi connectivity index (χ4n) is 8.20. The standard InChI is InChI=1S/C44H34O6/c1-21-11-7-15-25-29(43(47)49-5)19-31-37(33(21)25)35-23(3)13-9-17-27(35)41(45)39(31)40-32-20-30(44(48)50-6)26-16-8-12-22(2)34(26)38(32)36-24(4)14-10-18-28(36)42(40)46/h7-20,45-46H,1-6H3. The van der Waals surface area contributed by atoms with Crippen LogP contribution in [0, 0.1) is 27.7 Å². The first-order chi connectivity index (χ1) is 24.1. The van der Waals surface area contributed by atoms with Crippen LogP contribution >= 0.6 is 0 Å². The van der Waals surface area contributed by atoms with Crippen LogP contribution in [0.15, 0.2) is 84.9 Å². The van der Waals surface area contributed by atoms with E-state index in [-0.39, 0.29) is 11.5 Å². The summed E-state index contributed by atoms with van der Waals surface area (Å²) in [5.74, 6) is -1.13. The van der Waals surface area contributed by atoms with Gasteiger partial charge in [-0.1, -0.05) is 72.8 Å². The van der Waals surface area contributed by atoms with Crippen LogP contribution in [0.2, 0.25) is 0 Å². The Morgan fingerprint density at radius 3 is 1.06 bits per heavy atom. The summed E-state index contributed by atoms with van der Waals surface area (Å²) in [6.45, 7) is 8.01. The Morgan fingerprint density at radius 1 is 0.440 bits per heavy atom. The number of aromatic hydroxyl groups is 2. The predicted octanol–water partition coefficient (Wildman–Crippen LogP) is 10.5. The largest absolute Gasteiger partial charge is 0.507 e. The van der Waals surface area contributed by atoms with Crippen LogP contribution in [0.25, 0.3) is 75.8 Å². The zero-order valence-electron chi connectivity index (χ0n) is 28.6. The highest BCUT2D eigenvalue weighted by Crippen LogP contribution is 2.54. The van der Waals surface area contributed by atoms with Gasteiger partial charge in [0.05, 0.1) is 25.3 Å². The van der Waals surface area contributed by atoms with E-state index >= 15 is 0 Å². The molecule has 8 aromatic carbocycles. The Kier molecular flexibility index (Phi) is 6.98. The fraction of sp³-hybridized carbons (Fsp3) is 0.136. The number of carbonyl (C=O) groups is 2. The van der Waals surface area contributed by atoms with Crippen molar-refractivity contribution in [2.45, 2.75) is 27.7 Å². The molecule has 8 aromatic rings. The summed E-state index contributed by atoms with van der Waals surface area (Å²) in [4.78, 5) is 27.0. The Hall–Kier alpha value is -6.14. The van der Waals surface area contributed by atoms with Gasteiger partial charge in [-0.3, -0.25) is 0 Å². The average molecular weight is 659 g/mol. The van der Waals surface area contributed by atoms with E-state index in [0.29, 0.717) is 43.8 Å². The maximum absolute atomic E-state index is 13.5. The molecule has 0 heterocycles. The molecule has 0 unspecified atom stereocenters. The van der Waals surface area contributed by atoms with Gasteiger partial charge < -0.3 is 19.7 Å². The van der Waals surface area contributed by atoms with E-state index in [2.05, 4.69) is 0 Å². The molecule has 0 aliphatic rings. The molecular weight excluding hydrogens is 624 g/mol. The molecule has 6 heteroatoms. The predicted molar refractivity (Wildman–Crippen MR) is 202 cm³/mol. The van der Waals surface area contributed by atoms with Crippen LogP contribution in [-0.2, 0) is 9.47 Å². The molecule has 0 amide bonds. The van der Waals surface area contributed by atoms with Crippen LogP contribution in [0.5, 0.6) is 11.5 Å². The smallest absolute Gasteiger partial charge is 0.338 e. The number of rotatable bonds is 3. The molecule has 0 aliphatic carbocycles. The highest BCUT2D eigenvalue weighted by atomic mass is 16.5. The zero-order chi connectivity index (χ0) is 35.2. The molecule has 50 heavy (non-hydrogen) atoms. The van der Waals surface area contributed by atoms with Crippen molar-refractivity contribution in [2.24, 2.45) is 0 Å². The number of benzene rings is 8. The highest BCUT2D eigenvalue weighted by molar-refractivity contribution is 6.35. The van der Waals surface area contributed by atoms with E-state index in [1.54, 1.807) is 12.1 Å². The lowest BCUT2D eigenvalue weighted by atomic mass is 9.81. The van der Waals surface area contributed by atoms with E-state index in [9.17, 15) is 19.8 Å². The van der Waals surface area contributed by atoms with Gasteiger partial charge in [-0.15, -0.1) is 0 Å². The summed E-state index contributed by atoms with van der Waals surface area (Å²) >= 11 is 0. The number of hydrogen-bond acceptors (Lipinski definition) is 6. The average Bonchev–Trinajstić information content (AvgIpc) is 3.11. The molecule has 6 nitrogen and oxygen atoms in total. The van der Waals surface area contributed by atoms with Gasteiger partial charge in [0, 0.05) is 21.9 Å². The van der Waals surface area contributed by atoms with Gasteiger partial charge in [0.25, 0.3) is 0 Å². The lowest BCUT2D eigenvalue weighted by Gasteiger charge is -2.23. The van der Waals surface area contributed by atoms with Crippen molar-refractivity contribution in [2.75, 3.05) is 14.2 Å². The molecular formula is C44H34O6. The van der Waals surface area contributed by atoms with Crippen molar-refractivity contribution in [1.29, 1.82) is 0 Å². The third kappa shape index (κ3) is 4.14. The number of fused-ring (bicyclic) bond motifs is 10. The maximum atomic E-state index is 13.5. The first-order valence-electron chi connectivity index (χ1n) is 16.5. The van der Waals surface area contributed by atoms with Gasteiger partial charge in [-0.25, -0.2) is 9.59 Å². The first kappa shape index (κ1) is 31.1. The Balaban J connectivity index is 1.76. The van der Waals surface area contributed by atoms with Crippen LogP contribution in [0.1, 0.15) is 43.0 Å². The third-order valence-corrected chi connectivity index (χ3v) is 10.4.